The van der Waals surface area contributed by atoms with Gasteiger partial charge in [-0.1, -0.05) is 0 Å². The summed E-state index contributed by atoms with van der Waals surface area (Å²) in [7, 11) is -1.99. The lowest BCUT2D eigenvalue weighted by Gasteiger charge is -2.09. The van der Waals surface area contributed by atoms with Crippen molar-refractivity contribution in [1.82, 2.24) is 0 Å². The van der Waals surface area contributed by atoms with Gasteiger partial charge in [-0.2, -0.15) is 0 Å². The van der Waals surface area contributed by atoms with E-state index in [2.05, 4.69) is 14.2 Å². The maximum absolute atomic E-state index is 12.9. The maximum Gasteiger partial charge on any atom is 0.348 e. The second kappa shape index (κ2) is 9.05. The molecule has 0 fully saturated rings. The quantitative estimate of drug-likeness (QED) is 0.513. The molecule has 1 heterocycles. The summed E-state index contributed by atoms with van der Waals surface area (Å²) in [6.07, 6.45) is 0. The van der Waals surface area contributed by atoms with Gasteiger partial charge in [0.2, 0.25) is 0 Å². The Labute approximate surface area is 171 Å². The van der Waals surface area contributed by atoms with Crippen LogP contribution in [-0.2, 0) is 24.2 Å². The predicted octanol–water partition coefficient (Wildman–Crippen LogP) is 2.61. The van der Waals surface area contributed by atoms with Crippen molar-refractivity contribution in [2.45, 2.75) is 18.1 Å². The van der Waals surface area contributed by atoms with Crippen LogP contribution in [0.25, 0.3) is 0 Å². The zero-order chi connectivity index (χ0) is 21.8. The highest BCUT2D eigenvalue weighted by Crippen LogP contribution is 2.34. The van der Waals surface area contributed by atoms with E-state index < -0.39 is 27.9 Å². The van der Waals surface area contributed by atoms with Gasteiger partial charge in [0.1, 0.15) is 4.88 Å². The second-order valence-electron chi connectivity index (χ2n) is 5.61. The summed E-state index contributed by atoms with van der Waals surface area (Å²) in [5, 5.41) is 0. The lowest BCUT2D eigenvalue weighted by Crippen LogP contribution is -2.16. The number of rotatable bonds is 7. The largest absolute Gasteiger partial charge is 0.465 e. The van der Waals surface area contributed by atoms with Crippen LogP contribution in [0.1, 0.15) is 42.9 Å². The molecule has 0 saturated carbocycles. The van der Waals surface area contributed by atoms with E-state index in [-0.39, 0.29) is 38.1 Å². The fourth-order valence-electron chi connectivity index (χ4n) is 2.39. The molecule has 1 aromatic heterocycles. The Morgan fingerprint density at radius 2 is 1.59 bits per heavy atom. The maximum atomic E-state index is 12.9. The van der Waals surface area contributed by atoms with Gasteiger partial charge in [0, 0.05) is 5.69 Å². The Morgan fingerprint density at radius 1 is 1.00 bits per heavy atom. The van der Waals surface area contributed by atoms with Gasteiger partial charge >= 0.3 is 17.9 Å². The number of benzene rings is 1. The summed E-state index contributed by atoms with van der Waals surface area (Å²) < 4.78 is 41.9. The van der Waals surface area contributed by atoms with Crippen LogP contribution in [-0.4, -0.2) is 47.2 Å². The SMILES string of the molecule is CCOC(=O)c1ccc(NS(=O)(=O)c2sc(C(=O)OC)c(C)c2C(=O)OC)cc1. The first-order valence-corrected chi connectivity index (χ1v) is 10.6. The molecule has 0 aliphatic carbocycles. The van der Waals surface area contributed by atoms with Crippen LogP contribution < -0.4 is 4.72 Å². The van der Waals surface area contributed by atoms with Gasteiger partial charge in [0.15, 0.2) is 4.21 Å². The molecule has 2 aromatic rings. The van der Waals surface area contributed by atoms with Crippen molar-refractivity contribution in [1.29, 1.82) is 0 Å². The predicted molar refractivity (Wildman–Crippen MR) is 105 cm³/mol. The number of anilines is 1. The average Bonchev–Trinajstić information content (AvgIpc) is 3.05. The highest BCUT2D eigenvalue weighted by atomic mass is 32.2. The number of thiophene rings is 1. The molecule has 0 amide bonds. The van der Waals surface area contributed by atoms with Crippen molar-refractivity contribution in [2.24, 2.45) is 0 Å². The van der Waals surface area contributed by atoms with Crippen molar-refractivity contribution in [3.05, 3.63) is 45.8 Å². The van der Waals surface area contributed by atoms with Gasteiger partial charge in [-0.05, 0) is 43.7 Å². The Bertz CT molecular complexity index is 1040. The molecule has 1 aromatic carbocycles. The smallest absolute Gasteiger partial charge is 0.348 e. The molecule has 0 atom stereocenters. The molecule has 0 bridgehead atoms. The van der Waals surface area contributed by atoms with Crippen LogP contribution in [0.4, 0.5) is 5.69 Å². The molecular weight excluding hydrogens is 422 g/mol. The summed E-state index contributed by atoms with van der Waals surface area (Å²) >= 11 is 0.603. The number of esters is 3. The summed E-state index contributed by atoms with van der Waals surface area (Å²) in [5.74, 6) is -2.20. The minimum absolute atomic E-state index is 0.0223. The molecule has 0 unspecified atom stereocenters. The van der Waals surface area contributed by atoms with Crippen molar-refractivity contribution in [3.63, 3.8) is 0 Å². The van der Waals surface area contributed by atoms with Crippen LogP contribution in [0.3, 0.4) is 0 Å². The Morgan fingerprint density at radius 3 is 2.10 bits per heavy atom. The Hall–Kier alpha value is -2.92. The lowest BCUT2D eigenvalue weighted by atomic mass is 10.2. The molecule has 2 rings (SSSR count). The van der Waals surface area contributed by atoms with Crippen LogP contribution in [0.5, 0.6) is 0 Å². The molecule has 11 heteroatoms. The zero-order valence-electron chi connectivity index (χ0n) is 16.1. The summed E-state index contributed by atoms with van der Waals surface area (Å²) in [6.45, 7) is 3.32. The molecule has 0 spiro atoms. The number of nitrogens with one attached hydrogen (secondary N) is 1. The van der Waals surface area contributed by atoms with E-state index in [0.717, 1.165) is 14.2 Å². The van der Waals surface area contributed by atoms with E-state index in [1.807, 2.05) is 0 Å². The molecule has 1 N–H and O–H groups in total. The number of ether oxygens (including phenoxy) is 3. The number of carbonyl (C=O) groups is 3. The number of sulfonamides is 1. The Balaban J connectivity index is 2.44. The molecular formula is C18H19NO8S2. The van der Waals surface area contributed by atoms with Crippen LogP contribution in [0.2, 0.25) is 0 Å². The van der Waals surface area contributed by atoms with E-state index in [1.165, 1.54) is 31.2 Å². The first-order chi connectivity index (χ1) is 13.7. The van der Waals surface area contributed by atoms with Gasteiger partial charge in [0.05, 0.1) is 32.0 Å². The molecule has 0 aliphatic rings. The van der Waals surface area contributed by atoms with Crippen molar-refractivity contribution >= 4 is 45.0 Å². The average molecular weight is 441 g/mol. The van der Waals surface area contributed by atoms with E-state index >= 15 is 0 Å². The number of hydrogen-bond donors (Lipinski definition) is 1. The van der Waals surface area contributed by atoms with Gasteiger partial charge in [-0.3, -0.25) is 4.72 Å². The first-order valence-electron chi connectivity index (χ1n) is 8.26. The van der Waals surface area contributed by atoms with E-state index in [9.17, 15) is 22.8 Å². The van der Waals surface area contributed by atoms with Crippen molar-refractivity contribution < 1.29 is 37.0 Å². The van der Waals surface area contributed by atoms with Gasteiger partial charge in [-0.25, -0.2) is 22.8 Å². The molecule has 29 heavy (non-hydrogen) atoms. The fraction of sp³-hybridized carbons (Fsp3) is 0.278. The molecule has 0 aliphatic heterocycles. The van der Waals surface area contributed by atoms with Gasteiger partial charge < -0.3 is 14.2 Å². The highest BCUT2D eigenvalue weighted by molar-refractivity contribution is 7.94. The second-order valence-corrected chi connectivity index (χ2v) is 8.50. The normalized spacial score (nSPS) is 10.9. The topological polar surface area (TPSA) is 125 Å². The summed E-state index contributed by atoms with van der Waals surface area (Å²) in [4.78, 5) is 35.7. The molecule has 9 nitrogen and oxygen atoms in total. The highest BCUT2D eigenvalue weighted by Gasteiger charge is 2.32. The minimum Gasteiger partial charge on any atom is -0.465 e. The monoisotopic (exact) mass is 441 g/mol. The van der Waals surface area contributed by atoms with E-state index in [0.29, 0.717) is 11.3 Å². The molecule has 0 saturated heterocycles. The van der Waals surface area contributed by atoms with E-state index in [1.54, 1.807) is 6.92 Å². The van der Waals surface area contributed by atoms with Crippen LogP contribution >= 0.6 is 11.3 Å². The standard InChI is InChI=1S/C18H19NO8S2/c1-5-27-15(20)11-6-8-12(9-7-11)19-29(23,24)18-13(16(21)25-3)10(2)14(28-18)17(22)26-4/h6-9,19H,5H2,1-4H3. The Kier molecular flexibility index (Phi) is 6.98. The third kappa shape index (κ3) is 4.74. The third-order valence-electron chi connectivity index (χ3n) is 3.77. The first kappa shape index (κ1) is 22.4. The molecule has 0 radical (unpaired) electrons. The van der Waals surface area contributed by atoms with Crippen LogP contribution in [0, 0.1) is 6.92 Å². The number of hydrogen-bond acceptors (Lipinski definition) is 9. The van der Waals surface area contributed by atoms with Gasteiger partial charge in [-0.15, -0.1) is 11.3 Å². The minimum atomic E-state index is -4.24. The van der Waals surface area contributed by atoms with Crippen LogP contribution in [0.15, 0.2) is 28.5 Å². The number of carbonyl (C=O) groups excluding carboxylic acids is 3. The van der Waals surface area contributed by atoms with E-state index in [4.69, 9.17) is 4.74 Å². The summed E-state index contributed by atoms with van der Waals surface area (Å²) in [5.41, 5.74) is 0.310. The lowest BCUT2D eigenvalue weighted by molar-refractivity contribution is 0.0524. The fourth-order valence-corrected chi connectivity index (χ4v) is 5.20. The van der Waals surface area contributed by atoms with Gasteiger partial charge in [0.25, 0.3) is 10.0 Å². The van der Waals surface area contributed by atoms with Crippen molar-refractivity contribution in [3.8, 4) is 0 Å². The number of methoxy groups -OCH3 is 2. The third-order valence-corrected chi connectivity index (χ3v) is 6.94. The summed E-state index contributed by atoms with van der Waals surface area (Å²) in [6, 6.07) is 5.56. The molecule has 156 valence electrons. The zero-order valence-corrected chi connectivity index (χ0v) is 17.7. The van der Waals surface area contributed by atoms with Crippen molar-refractivity contribution in [2.75, 3.05) is 25.5 Å².